The van der Waals surface area contributed by atoms with Gasteiger partial charge in [0.1, 0.15) is 0 Å². The molecule has 1 aromatic carbocycles. The van der Waals surface area contributed by atoms with E-state index in [1.165, 1.54) is 32.0 Å². The first kappa shape index (κ1) is 17.5. The average Bonchev–Trinajstić information content (AvgIpc) is 2.35. The lowest BCUT2D eigenvalue weighted by atomic mass is 10.1. The number of aryl methyl sites for hydroxylation is 1. The molecule has 0 heterocycles. The summed E-state index contributed by atoms with van der Waals surface area (Å²) in [6.07, 6.45) is 2.44. The monoisotopic (exact) mass is 224 g/mol. The van der Waals surface area contributed by atoms with Crippen molar-refractivity contribution in [1.82, 2.24) is 4.90 Å². The molecule has 0 saturated carbocycles. The van der Waals surface area contributed by atoms with E-state index in [0.717, 1.165) is 0 Å². The Morgan fingerprint density at radius 3 is 1.94 bits per heavy atom. The zero-order chi connectivity index (χ0) is 12.8. The first-order valence-electron chi connectivity index (χ1n) is 6.05. The molecule has 2 nitrogen and oxygen atoms in total. The van der Waals surface area contributed by atoms with Gasteiger partial charge < -0.3 is 10.6 Å². The second-order valence-electron chi connectivity index (χ2n) is 3.39. The molecule has 1 rings (SSSR count). The molecular formula is C14H28N2. The Morgan fingerprint density at radius 1 is 1.00 bits per heavy atom. The van der Waals surface area contributed by atoms with Crippen molar-refractivity contribution < 1.29 is 0 Å². The van der Waals surface area contributed by atoms with Gasteiger partial charge in [0, 0.05) is 0 Å². The van der Waals surface area contributed by atoms with E-state index in [9.17, 15) is 0 Å². The number of benzene rings is 1. The lowest BCUT2D eigenvalue weighted by Gasteiger charge is -2.08. The van der Waals surface area contributed by atoms with Crippen LogP contribution < -0.4 is 5.73 Å². The Hall–Kier alpha value is -0.860. The highest BCUT2D eigenvalue weighted by atomic mass is 15.0. The van der Waals surface area contributed by atoms with Crippen LogP contribution in [-0.4, -0.2) is 32.6 Å². The maximum absolute atomic E-state index is 4.50. The van der Waals surface area contributed by atoms with E-state index in [1.54, 1.807) is 0 Å². The topological polar surface area (TPSA) is 29.3 Å². The van der Waals surface area contributed by atoms with Gasteiger partial charge in [-0.15, -0.1) is 0 Å². The van der Waals surface area contributed by atoms with Crippen LogP contribution in [0, 0.1) is 0 Å². The molecule has 1 aromatic rings. The van der Waals surface area contributed by atoms with Gasteiger partial charge in [-0.2, -0.15) is 0 Å². The average molecular weight is 224 g/mol. The number of hydrogen-bond acceptors (Lipinski definition) is 2. The molecule has 0 aliphatic heterocycles. The van der Waals surface area contributed by atoms with Crippen LogP contribution >= 0.6 is 0 Å². The van der Waals surface area contributed by atoms with Gasteiger partial charge in [-0.25, -0.2) is 0 Å². The van der Waals surface area contributed by atoms with Crippen molar-refractivity contribution in [1.29, 1.82) is 0 Å². The predicted molar refractivity (Wildman–Crippen MR) is 74.8 cm³/mol. The lowest BCUT2D eigenvalue weighted by Crippen LogP contribution is -2.13. The molecule has 0 spiro atoms. The van der Waals surface area contributed by atoms with Crippen LogP contribution in [0.2, 0.25) is 0 Å². The van der Waals surface area contributed by atoms with Crippen molar-refractivity contribution in [2.24, 2.45) is 5.73 Å². The van der Waals surface area contributed by atoms with Crippen molar-refractivity contribution in [2.75, 3.05) is 27.7 Å². The molecule has 2 heteroatoms. The van der Waals surface area contributed by atoms with Crippen LogP contribution in [0.5, 0.6) is 0 Å². The van der Waals surface area contributed by atoms with Crippen LogP contribution in [0.25, 0.3) is 0 Å². The molecule has 0 atom stereocenters. The molecule has 0 unspecified atom stereocenters. The van der Waals surface area contributed by atoms with Crippen molar-refractivity contribution in [3.05, 3.63) is 35.9 Å². The van der Waals surface area contributed by atoms with E-state index in [4.69, 9.17) is 0 Å². The second kappa shape index (κ2) is 14.1. The lowest BCUT2D eigenvalue weighted by molar-refractivity contribution is 0.400. The first-order chi connectivity index (χ1) is 7.79. The van der Waals surface area contributed by atoms with Crippen molar-refractivity contribution in [3.8, 4) is 0 Å². The molecule has 0 saturated heterocycles. The van der Waals surface area contributed by atoms with Gasteiger partial charge in [0.25, 0.3) is 0 Å². The first-order valence-corrected chi connectivity index (χ1v) is 6.05. The standard InChI is InChI=1S/C11H17N.C2H6.CH5N/c1-12(2)10-6-9-11-7-4-3-5-8-11;2*1-2/h3-5,7-8H,6,9-10H2,1-2H3;1-2H3;2H2,1H3. The summed E-state index contributed by atoms with van der Waals surface area (Å²) in [4.78, 5) is 2.23. The molecular weight excluding hydrogens is 196 g/mol. The third-order valence-electron chi connectivity index (χ3n) is 1.91. The van der Waals surface area contributed by atoms with E-state index in [0.29, 0.717) is 0 Å². The van der Waals surface area contributed by atoms with E-state index in [1.807, 2.05) is 13.8 Å². The summed E-state index contributed by atoms with van der Waals surface area (Å²) in [7, 11) is 5.73. The maximum Gasteiger partial charge on any atom is -0.00217 e. The van der Waals surface area contributed by atoms with Crippen LogP contribution in [0.3, 0.4) is 0 Å². The van der Waals surface area contributed by atoms with Crippen molar-refractivity contribution >= 4 is 0 Å². The summed E-state index contributed by atoms with van der Waals surface area (Å²) in [6.45, 7) is 5.18. The van der Waals surface area contributed by atoms with Crippen LogP contribution in [0.1, 0.15) is 25.8 Å². The van der Waals surface area contributed by atoms with Crippen LogP contribution in [0.15, 0.2) is 30.3 Å². The van der Waals surface area contributed by atoms with E-state index in [-0.39, 0.29) is 0 Å². The highest BCUT2D eigenvalue weighted by Crippen LogP contribution is 2.02. The molecule has 0 bridgehead atoms. The van der Waals surface area contributed by atoms with Gasteiger partial charge in [-0.3, -0.25) is 0 Å². The van der Waals surface area contributed by atoms with Crippen molar-refractivity contribution in [3.63, 3.8) is 0 Å². The molecule has 2 N–H and O–H groups in total. The zero-order valence-electron chi connectivity index (χ0n) is 11.5. The van der Waals surface area contributed by atoms with Crippen LogP contribution in [0.4, 0.5) is 0 Å². The summed E-state index contributed by atoms with van der Waals surface area (Å²) in [5, 5.41) is 0. The quantitative estimate of drug-likeness (QED) is 0.852. The van der Waals surface area contributed by atoms with Gasteiger partial charge in [0.15, 0.2) is 0 Å². The molecule has 0 aliphatic carbocycles. The zero-order valence-corrected chi connectivity index (χ0v) is 11.5. The summed E-state index contributed by atoms with van der Waals surface area (Å²) in [5.74, 6) is 0. The minimum Gasteiger partial charge on any atom is -0.333 e. The Bertz CT molecular complexity index is 207. The van der Waals surface area contributed by atoms with Gasteiger partial charge in [0.2, 0.25) is 0 Å². The molecule has 94 valence electrons. The third-order valence-corrected chi connectivity index (χ3v) is 1.91. The fraction of sp³-hybridized carbons (Fsp3) is 0.571. The minimum absolute atomic E-state index is 1.18. The van der Waals surface area contributed by atoms with Gasteiger partial charge in [0.05, 0.1) is 0 Å². The molecule has 0 radical (unpaired) electrons. The molecule has 0 aliphatic rings. The highest BCUT2D eigenvalue weighted by molar-refractivity contribution is 5.14. The van der Waals surface area contributed by atoms with Gasteiger partial charge in [-0.1, -0.05) is 44.2 Å². The minimum atomic E-state index is 1.18. The van der Waals surface area contributed by atoms with E-state index in [2.05, 4.69) is 55.1 Å². The van der Waals surface area contributed by atoms with E-state index >= 15 is 0 Å². The smallest absolute Gasteiger partial charge is 0.00217 e. The molecule has 0 fully saturated rings. The Labute approximate surface area is 101 Å². The Morgan fingerprint density at radius 2 is 1.50 bits per heavy atom. The highest BCUT2D eigenvalue weighted by Gasteiger charge is 1.92. The predicted octanol–water partition coefficient (Wildman–Crippen LogP) is 2.78. The summed E-state index contributed by atoms with van der Waals surface area (Å²) >= 11 is 0. The number of nitrogens with zero attached hydrogens (tertiary/aromatic N) is 1. The largest absolute Gasteiger partial charge is 0.333 e. The third kappa shape index (κ3) is 11.2. The Kier molecular flexibility index (Phi) is 15.5. The maximum atomic E-state index is 4.50. The fourth-order valence-electron chi connectivity index (χ4n) is 1.24. The number of nitrogens with two attached hydrogens (primary N) is 1. The van der Waals surface area contributed by atoms with Crippen LogP contribution in [-0.2, 0) is 6.42 Å². The Balaban J connectivity index is 0. The molecule has 0 amide bonds. The molecule has 16 heavy (non-hydrogen) atoms. The van der Waals surface area contributed by atoms with Gasteiger partial charge >= 0.3 is 0 Å². The second-order valence-corrected chi connectivity index (χ2v) is 3.39. The van der Waals surface area contributed by atoms with Crippen molar-refractivity contribution in [2.45, 2.75) is 26.7 Å². The van der Waals surface area contributed by atoms with E-state index < -0.39 is 0 Å². The van der Waals surface area contributed by atoms with Gasteiger partial charge in [-0.05, 0) is 46.1 Å². The normalized spacial score (nSPS) is 8.69. The SMILES string of the molecule is CC.CN.CN(C)CCCc1ccccc1. The summed E-state index contributed by atoms with van der Waals surface area (Å²) in [6, 6.07) is 10.6. The summed E-state index contributed by atoms with van der Waals surface area (Å²) in [5.41, 5.74) is 5.94. The fourth-order valence-corrected chi connectivity index (χ4v) is 1.24. The summed E-state index contributed by atoms with van der Waals surface area (Å²) < 4.78 is 0. The number of hydrogen-bond donors (Lipinski definition) is 1. The molecule has 0 aromatic heterocycles. The number of rotatable bonds is 4.